The van der Waals surface area contributed by atoms with E-state index < -0.39 is 91.1 Å². The van der Waals surface area contributed by atoms with E-state index in [0.29, 0.717) is 11.1 Å². The zero-order valence-corrected chi connectivity index (χ0v) is 30.9. The van der Waals surface area contributed by atoms with Crippen LogP contribution in [0.5, 0.6) is 0 Å². The molecule has 0 saturated carbocycles. The van der Waals surface area contributed by atoms with Crippen molar-refractivity contribution >= 4 is 69.1 Å². The molecule has 4 rings (SSSR count). The average Bonchev–Trinajstić information content (AvgIpc) is 3.81. The van der Waals surface area contributed by atoms with Gasteiger partial charge in [0, 0.05) is 53.5 Å². The molecular formula is C38H44N10O9. The Kier molecular flexibility index (Phi) is 15.3. The zero-order valence-electron chi connectivity index (χ0n) is 30.9. The smallest absolute Gasteiger partial charge is 0.327 e. The molecule has 0 saturated heterocycles. The lowest BCUT2D eigenvalue weighted by atomic mass is 10.0. The fourth-order valence-electron chi connectivity index (χ4n) is 5.73. The molecule has 19 heteroatoms. The summed E-state index contributed by atoms with van der Waals surface area (Å²) < 4.78 is 0. The maximum atomic E-state index is 14.1. The summed E-state index contributed by atoms with van der Waals surface area (Å²) in [5, 5.41) is 27.9. The van der Waals surface area contributed by atoms with Crippen molar-refractivity contribution < 1.29 is 43.5 Å². The average molecular weight is 785 g/mol. The SMILES string of the molecule is C#CC[C@H](NC(=O)[C@H](C)NC(=O)CNC(=O)[C@H](Cc1c[nH]c2ccccc12)NC(=O)[C@H](Cc1c[nH]c2ccccc12)NC(=O)CNC(=O)CNC(=O)CN)C(=O)O. The highest BCUT2D eigenvalue weighted by Gasteiger charge is 2.30. The highest BCUT2D eigenvalue weighted by molar-refractivity contribution is 5.97. The van der Waals surface area contributed by atoms with Gasteiger partial charge in [-0.15, -0.1) is 12.3 Å². The van der Waals surface area contributed by atoms with Crippen molar-refractivity contribution in [2.24, 2.45) is 5.73 Å². The van der Waals surface area contributed by atoms with E-state index in [9.17, 15) is 43.5 Å². The summed E-state index contributed by atoms with van der Waals surface area (Å²) in [6.45, 7) is -0.592. The molecule has 2 heterocycles. The number of carboxylic acids is 1. The van der Waals surface area contributed by atoms with Crippen molar-refractivity contribution in [1.82, 2.24) is 47.2 Å². The number of carboxylic acid groups (broad SMARTS) is 1. The number of para-hydroxylation sites is 2. The second-order valence-electron chi connectivity index (χ2n) is 12.9. The van der Waals surface area contributed by atoms with Crippen LogP contribution < -0.4 is 43.0 Å². The van der Waals surface area contributed by atoms with E-state index in [1.165, 1.54) is 6.92 Å². The molecule has 0 unspecified atom stereocenters. The number of H-pyrrole nitrogens is 2. The van der Waals surface area contributed by atoms with E-state index in [1.807, 2.05) is 42.5 Å². The third-order valence-corrected chi connectivity index (χ3v) is 8.69. The van der Waals surface area contributed by atoms with E-state index in [4.69, 9.17) is 12.2 Å². The molecule has 0 aliphatic carbocycles. The van der Waals surface area contributed by atoms with Gasteiger partial charge in [-0.25, -0.2) is 4.79 Å². The minimum Gasteiger partial charge on any atom is -0.480 e. The number of terminal acetylenes is 1. The number of rotatable bonds is 20. The number of nitrogens with two attached hydrogens (primary N) is 1. The van der Waals surface area contributed by atoms with Gasteiger partial charge >= 0.3 is 5.97 Å². The Labute approximate surface area is 326 Å². The number of fused-ring (bicyclic) bond motifs is 2. The molecular weight excluding hydrogens is 740 g/mol. The van der Waals surface area contributed by atoms with Crippen molar-refractivity contribution in [2.75, 3.05) is 26.2 Å². The number of hydrogen-bond donors (Lipinski definition) is 11. The minimum absolute atomic E-state index is 0.0318. The molecule has 4 aromatic rings. The number of carbonyl (C=O) groups excluding carboxylic acids is 7. The Hall–Kier alpha value is -7.20. The maximum Gasteiger partial charge on any atom is 0.327 e. The monoisotopic (exact) mass is 784 g/mol. The van der Waals surface area contributed by atoms with Crippen LogP contribution in [0.1, 0.15) is 24.5 Å². The Balaban J connectivity index is 1.51. The summed E-state index contributed by atoms with van der Waals surface area (Å²) in [6.07, 6.45) is 8.18. The fraction of sp³-hybridized carbons (Fsp3) is 0.316. The lowest BCUT2D eigenvalue weighted by Gasteiger charge is -2.23. The summed E-state index contributed by atoms with van der Waals surface area (Å²) in [6, 6.07) is 9.46. The van der Waals surface area contributed by atoms with Gasteiger partial charge in [0.25, 0.3) is 0 Å². The Morgan fingerprint density at radius 3 is 1.70 bits per heavy atom. The van der Waals surface area contributed by atoms with Crippen LogP contribution in [-0.2, 0) is 51.2 Å². The van der Waals surface area contributed by atoms with Crippen LogP contribution in [0.25, 0.3) is 21.8 Å². The van der Waals surface area contributed by atoms with Gasteiger partial charge in [-0.1, -0.05) is 36.4 Å². The summed E-state index contributed by atoms with van der Waals surface area (Å²) >= 11 is 0. The van der Waals surface area contributed by atoms with Gasteiger partial charge in [0.15, 0.2) is 0 Å². The first-order chi connectivity index (χ1) is 27.3. The van der Waals surface area contributed by atoms with E-state index in [1.54, 1.807) is 18.5 Å². The molecule has 0 aliphatic rings. The van der Waals surface area contributed by atoms with Gasteiger partial charge in [-0.2, -0.15) is 0 Å². The van der Waals surface area contributed by atoms with Crippen LogP contribution in [0.4, 0.5) is 0 Å². The largest absolute Gasteiger partial charge is 0.480 e. The molecule has 300 valence electrons. The number of benzene rings is 2. The van der Waals surface area contributed by atoms with Crippen molar-refractivity contribution in [3.8, 4) is 12.3 Å². The van der Waals surface area contributed by atoms with Crippen molar-refractivity contribution in [3.63, 3.8) is 0 Å². The number of amides is 7. The lowest BCUT2D eigenvalue weighted by molar-refractivity contribution is -0.142. The normalized spacial score (nSPS) is 12.9. The Morgan fingerprint density at radius 2 is 1.14 bits per heavy atom. The molecule has 0 fully saturated rings. The first kappa shape index (κ1) is 42.5. The van der Waals surface area contributed by atoms with Crippen LogP contribution in [0.15, 0.2) is 60.9 Å². The second kappa shape index (κ2) is 20.5. The van der Waals surface area contributed by atoms with Crippen molar-refractivity contribution in [3.05, 3.63) is 72.1 Å². The van der Waals surface area contributed by atoms with Crippen LogP contribution in [-0.4, -0.2) is 113 Å². The molecule has 12 N–H and O–H groups in total. The Bertz CT molecular complexity index is 2170. The third kappa shape index (κ3) is 12.4. The van der Waals surface area contributed by atoms with Gasteiger partial charge < -0.3 is 58.0 Å². The molecule has 0 spiro atoms. The molecule has 19 nitrogen and oxygen atoms in total. The first-order valence-corrected chi connectivity index (χ1v) is 17.8. The van der Waals surface area contributed by atoms with Crippen LogP contribution in [0, 0.1) is 12.3 Å². The molecule has 57 heavy (non-hydrogen) atoms. The van der Waals surface area contributed by atoms with E-state index in [0.717, 1.165) is 21.8 Å². The summed E-state index contributed by atoms with van der Waals surface area (Å²) in [5.74, 6) is -4.32. The highest BCUT2D eigenvalue weighted by atomic mass is 16.4. The van der Waals surface area contributed by atoms with Crippen molar-refractivity contribution in [1.29, 1.82) is 0 Å². The number of aromatic nitrogens is 2. The standard InChI is InChI=1S/C38H44N10O9/c1-3-8-28(38(56)57)47-35(53)21(2)45-33(51)20-44-36(54)29(13-22-16-40-26-11-6-4-9-24(22)26)48-37(55)30(14-23-17-41-27-12-7-5-10-25(23)27)46-34(52)19-43-32(50)18-42-31(49)15-39/h1,4-7,9-12,16-17,21,28-30,40-41H,8,13-15,18-20,39H2,2H3,(H,42,49)(H,43,50)(H,44,54)(H,45,51)(H,46,52)(H,47,53)(H,48,55)(H,56,57)/t21-,28-,29-,30-/m0/s1. The molecule has 4 atom stereocenters. The predicted molar refractivity (Wildman–Crippen MR) is 207 cm³/mol. The lowest BCUT2D eigenvalue weighted by Crippen LogP contribution is -2.57. The molecule has 2 aromatic heterocycles. The Morgan fingerprint density at radius 1 is 0.649 bits per heavy atom. The number of carbonyl (C=O) groups is 8. The highest BCUT2D eigenvalue weighted by Crippen LogP contribution is 2.21. The summed E-state index contributed by atoms with van der Waals surface area (Å²) in [5.41, 5.74) is 8.10. The fourth-order valence-corrected chi connectivity index (χ4v) is 5.73. The number of aromatic amines is 2. The summed E-state index contributed by atoms with van der Waals surface area (Å²) in [4.78, 5) is 107. The predicted octanol–water partition coefficient (Wildman–Crippen LogP) is -2.19. The first-order valence-electron chi connectivity index (χ1n) is 17.8. The van der Waals surface area contributed by atoms with Gasteiger partial charge in [-0.3, -0.25) is 33.6 Å². The van der Waals surface area contributed by atoms with Gasteiger partial charge in [0.05, 0.1) is 26.2 Å². The van der Waals surface area contributed by atoms with Crippen LogP contribution in [0.3, 0.4) is 0 Å². The molecule has 0 aliphatic heterocycles. The molecule has 0 radical (unpaired) electrons. The molecule has 0 bridgehead atoms. The number of aliphatic carboxylic acids is 1. The zero-order chi connectivity index (χ0) is 41.5. The van der Waals surface area contributed by atoms with Gasteiger partial charge in [-0.05, 0) is 30.2 Å². The van der Waals surface area contributed by atoms with Crippen molar-refractivity contribution in [2.45, 2.75) is 50.4 Å². The topological polar surface area (TPSA) is 299 Å². The number of hydrogen-bond acceptors (Lipinski definition) is 9. The van der Waals surface area contributed by atoms with Crippen LogP contribution in [0.2, 0.25) is 0 Å². The third-order valence-electron chi connectivity index (χ3n) is 8.69. The molecule has 2 aromatic carbocycles. The minimum atomic E-state index is -1.37. The van der Waals surface area contributed by atoms with Gasteiger partial charge in [0.2, 0.25) is 41.4 Å². The maximum absolute atomic E-state index is 14.1. The van der Waals surface area contributed by atoms with E-state index in [-0.39, 0.29) is 25.8 Å². The van der Waals surface area contributed by atoms with Gasteiger partial charge in [0.1, 0.15) is 24.2 Å². The van der Waals surface area contributed by atoms with E-state index >= 15 is 0 Å². The second-order valence-corrected chi connectivity index (χ2v) is 12.9. The summed E-state index contributed by atoms with van der Waals surface area (Å²) in [7, 11) is 0. The molecule has 7 amide bonds. The van der Waals surface area contributed by atoms with E-state index in [2.05, 4.69) is 53.1 Å². The number of nitrogens with one attached hydrogen (secondary N) is 9. The van der Waals surface area contributed by atoms with Crippen LogP contribution >= 0.6 is 0 Å². The quantitative estimate of drug-likeness (QED) is 0.0430.